The van der Waals surface area contributed by atoms with Gasteiger partial charge in [0.1, 0.15) is 18.0 Å². The molecule has 1 aliphatic rings. The standard InChI is InChI=1S/C13H16BrNO4/c1-3-18-13-10(14)7-12(13)19-11-5-4-9(15(16)17)6-8(11)2/h4-6,10,12-13H,3,7H2,1-2H3. The maximum atomic E-state index is 10.7. The van der Waals surface area contributed by atoms with Crippen LogP contribution < -0.4 is 4.74 Å². The second-order valence-corrected chi connectivity index (χ2v) is 5.71. The molecule has 1 aromatic rings. The molecule has 3 unspecified atom stereocenters. The van der Waals surface area contributed by atoms with E-state index < -0.39 is 4.92 Å². The van der Waals surface area contributed by atoms with Gasteiger partial charge in [-0.3, -0.25) is 10.1 Å². The molecule has 5 nitrogen and oxygen atoms in total. The van der Waals surface area contributed by atoms with Gasteiger partial charge in [-0.15, -0.1) is 0 Å². The van der Waals surface area contributed by atoms with Gasteiger partial charge >= 0.3 is 0 Å². The zero-order chi connectivity index (χ0) is 14.0. The summed E-state index contributed by atoms with van der Waals surface area (Å²) in [6, 6.07) is 4.63. The average Bonchev–Trinajstić information content (AvgIpc) is 2.37. The molecule has 3 atom stereocenters. The third kappa shape index (κ3) is 3.06. The van der Waals surface area contributed by atoms with Crippen LogP contribution in [0.2, 0.25) is 0 Å². The monoisotopic (exact) mass is 329 g/mol. The first-order chi connectivity index (χ1) is 9.02. The summed E-state index contributed by atoms with van der Waals surface area (Å²) in [6.07, 6.45) is 0.922. The van der Waals surface area contributed by atoms with E-state index in [0.29, 0.717) is 17.2 Å². The normalized spacial score (nSPS) is 25.7. The van der Waals surface area contributed by atoms with Crippen molar-refractivity contribution < 1.29 is 14.4 Å². The molecule has 2 rings (SSSR count). The predicted molar refractivity (Wildman–Crippen MR) is 75.0 cm³/mol. The fraction of sp³-hybridized carbons (Fsp3) is 0.538. The summed E-state index contributed by atoms with van der Waals surface area (Å²) in [5.74, 6) is 0.680. The number of nitro groups is 1. The number of benzene rings is 1. The molecule has 0 heterocycles. The van der Waals surface area contributed by atoms with Crippen LogP contribution in [0.1, 0.15) is 18.9 Å². The highest BCUT2D eigenvalue weighted by atomic mass is 79.9. The molecule has 1 aromatic carbocycles. The van der Waals surface area contributed by atoms with Crippen LogP contribution in [0.15, 0.2) is 18.2 Å². The molecular weight excluding hydrogens is 314 g/mol. The van der Waals surface area contributed by atoms with Crippen LogP contribution >= 0.6 is 15.9 Å². The summed E-state index contributed by atoms with van der Waals surface area (Å²) < 4.78 is 11.5. The Balaban J connectivity index is 2.05. The lowest BCUT2D eigenvalue weighted by Crippen LogP contribution is -2.52. The number of rotatable bonds is 5. The van der Waals surface area contributed by atoms with Gasteiger partial charge < -0.3 is 9.47 Å². The molecule has 0 radical (unpaired) electrons. The molecule has 0 aliphatic heterocycles. The molecule has 0 aromatic heterocycles. The SMILES string of the molecule is CCOC1C(Br)CC1Oc1ccc([N+](=O)[O-])cc1C. The first-order valence-electron chi connectivity index (χ1n) is 6.20. The third-order valence-electron chi connectivity index (χ3n) is 3.19. The van der Waals surface area contributed by atoms with E-state index in [1.54, 1.807) is 6.07 Å². The minimum atomic E-state index is -0.405. The van der Waals surface area contributed by atoms with E-state index in [-0.39, 0.29) is 17.9 Å². The second-order valence-electron chi connectivity index (χ2n) is 4.53. The van der Waals surface area contributed by atoms with Gasteiger partial charge in [-0.05, 0) is 25.5 Å². The smallest absolute Gasteiger partial charge is 0.269 e. The largest absolute Gasteiger partial charge is 0.487 e. The van der Waals surface area contributed by atoms with Gasteiger partial charge in [0.2, 0.25) is 0 Å². The first-order valence-corrected chi connectivity index (χ1v) is 7.12. The van der Waals surface area contributed by atoms with Gasteiger partial charge in [-0.2, -0.15) is 0 Å². The number of ether oxygens (including phenoxy) is 2. The van der Waals surface area contributed by atoms with Gasteiger partial charge in [-0.1, -0.05) is 15.9 Å². The average molecular weight is 330 g/mol. The number of alkyl halides is 1. The molecule has 104 valence electrons. The van der Waals surface area contributed by atoms with E-state index in [9.17, 15) is 10.1 Å². The highest BCUT2D eigenvalue weighted by molar-refractivity contribution is 9.09. The second kappa shape index (κ2) is 5.88. The van der Waals surface area contributed by atoms with E-state index in [0.717, 1.165) is 12.0 Å². The maximum absolute atomic E-state index is 10.7. The Morgan fingerprint density at radius 3 is 2.79 bits per heavy atom. The van der Waals surface area contributed by atoms with E-state index in [1.165, 1.54) is 12.1 Å². The Morgan fingerprint density at radius 1 is 1.53 bits per heavy atom. The van der Waals surface area contributed by atoms with E-state index in [4.69, 9.17) is 9.47 Å². The Labute approximate surface area is 120 Å². The summed E-state index contributed by atoms with van der Waals surface area (Å²) in [4.78, 5) is 10.6. The number of hydrogen-bond acceptors (Lipinski definition) is 4. The molecule has 0 saturated heterocycles. The number of hydrogen-bond donors (Lipinski definition) is 0. The quantitative estimate of drug-likeness (QED) is 0.472. The van der Waals surface area contributed by atoms with Crippen molar-refractivity contribution in [2.24, 2.45) is 0 Å². The Kier molecular flexibility index (Phi) is 4.42. The van der Waals surface area contributed by atoms with Crippen LogP contribution in [0.5, 0.6) is 5.75 Å². The molecule has 0 spiro atoms. The number of nitrogens with zero attached hydrogens (tertiary/aromatic N) is 1. The molecular formula is C13H16BrNO4. The van der Waals surface area contributed by atoms with Crippen molar-refractivity contribution in [2.45, 2.75) is 37.3 Å². The van der Waals surface area contributed by atoms with Crippen LogP contribution in [-0.2, 0) is 4.74 Å². The molecule has 0 bridgehead atoms. The molecule has 6 heteroatoms. The summed E-state index contributed by atoms with van der Waals surface area (Å²) >= 11 is 3.54. The molecule has 1 aliphatic carbocycles. The molecule has 1 fully saturated rings. The van der Waals surface area contributed by atoms with Crippen molar-refractivity contribution in [1.82, 2.24) is 0 Å². The van der Waals surface area contributed by atoms with Gasteiger partial charge in [-0.25, -0.2) is 0 Å². The summed E-state index contributed by atoms with van der Waals surface area (Å²) in [5, 5.41) is 10.7. The van der Waals surface area contributed by atoms with Crippen LogP contribution in [0, 0.1) is 17.0 Å². The van der Waals surface area contributed by atoms with Gasteiger partial charge in [0.15, 0.2) is 0 Å². The number of nitro benzene ring substituents is 1. The molecule has 1 saturated carbocycles. The van der Waals surface area contributed by atoms with Crippen molar-refractivity contribution in [2.75, 3.05) is 6.61 Å². The lowest BCUT2D eigenvalue weighted by atomic mass is 9.91. The van der Waals surface area contributed by atoms with E-state index in [2.05, 4.69) is 15.9 Å². The number of halogens is 1. The highest BCUT2D eigenvalue weighted by Crippen LogP contribution is 2.35. The first kappa shape index (κ1) is 14.3. The summed E-state index contributed by atoms with van der Waals surface area (Å²) in [7, 11) is 0. The van der Waals surface area contributed by atoms with Crippen molar-refractivity contribution >= 4 is 21.6 Å². The van der Waals surface area contributed by atoms with Crippen LogP contribution in [0.25, 0.3) is 0 Å². The third-order valence-corrected chi connectivity index (χ3v) is 4.08. The van der Waals surface area contributed by atoms with Gasteiger partial charge in [0, 0.05) is 30.0 Å². The lowest BCUT2D eigenvalue weighted by molar-refractivity contribution is -0.384. The highest BCUT2D eigenvalue weighted by Gasteiger charge is 2.42. The Hall–Kier alpha value is -1.14. The zero-order valence-electron chi connectivity index (χ0n) is 10.8. The Morgan fingerprint density at radius 2 is 2.26 bits per heavy atom. The molecule has 19 heavy (non-hydrogen) atoms. The fourth-order valence-electron chi connectivity index (χ4n) is 2.09. The minimum absolute atomic E-state index is 0.00415. The number of aryl methyl sites for hydroxylation is 1. The number of non-ortho nitro benzene ring substituents is 1. The van der Waals surface area contributed by atoms with Crippen LogP contribution in [0.3, 0.4) is 0 Å². The fourth-order valence-corrected chi connectivity index (χ4v) is 2.95. The predicted octanol–water partition coefficient (Wildman–Crippen LogP) is 3.22. The zero-order valence-corrected chi connectivity index (χ0v) is 12.4. The maximum Gasteiger partial charge on any atom is 0.269 e. The Bertz CT molecular complexity index is 480. The van der Waals surface area contributed by atoms with Gasteiger partial charge in [0.25, 0.3) is 5.69 Å². The minimum Gasteiger partial charge on any atom is -0.487 e. The summed E-state index contributed by atoms with van der Waals surface area (Å²) in [6.45, 7) is 4.40. The summed E-state index contributed by atoms with van der Waals surface area (Å²) in [5.41, 5.74) is 0.848. The van der Waals surface area contributed by atoms with Crippen molar-refractivity contribution in [3.63, 3.8) is 0 Å². The van der Waals surface area contributed by atoms with Crippen LogP contribution in [-0.4, -0.2) is 28.6 Å². The molecule has 0 N–H and O–H groups in total. The van der Waals surface area contributed by atoms with Crippen molar-refractivity contribution in [3.05, 3.63) is 33.9 Å². The van der Waals surface area contributed by atoms with Crippen molar-refractivity contribution in [1.29, 1.82) is 0 Å². The van der Waals surface area contributed by atoms with E-state index in [1.807, 2.05) is 13.8 Å². The molecule has 0 amide bonds. The lowest BCUT2D eigenvalue weighted by Gasteiger charge is -2.40. The van der Waals surface area contributed by atoms with Crippen molar-refractivity contribution in [3.8, 4) is 5.75 Å². The van der Waals surface area contributed by atoms with Crippen LogP contribution in [0.4, 0.5) is 5.69 Å². The topological polar surface area (TPSA) is 61.6 Å². The van der Waals surface area contributed by atoms with Gasteiger partial charge in [0.05, 0.1) is 4.92 Å². The van der Waals surface area contributed by atoms with E-state index >= 15 is 0 Å².